The minimum Gasteiger partial charge on any atom is -0.508 e. The van der Waals surface area contributed by atoms with Gasteiger partial charge in [0.25, 0.3) is 5.91 Å². The highest BCUT2D eigenvalue weighted by molar-refractivity contribution is 5.96. The maximum atomic E-state index is 12.2. The number of carbonyl (C=O) groups excluding carboxylic acids is 1. The molecule has 0 atom stereocenters. The van der Waals surface area contributed by atoms with Crippen LogP contribution in [0.4, 0.5) is 0 Å². The van der Waals surface area contributed by atoms with Crippen LogP contribution in [0, 0.1) is 12.3 Å². The third kappa shape index (κ3) is 3.26. The third-order valence-corrected chi connectivity index (χ3v) is 4.04. The van der Waals surface area contributed by atoms with Gasteiger partial charge in [-0.2, -0.15) is 0 Å². The highest BCUT2D eigenvalue weighted by Crippen LogP contribution is 2.27. The first kappa shape index (κ1) is 13.9. The molecule has 0 saturated carbocycles. The van der Waals surface area contributed by atoms with E-state index in [0.29, 0.717) is 17.7 Å². The van der Waals surface area contributed by atoms with E-state index in [1.165, 1.54) is 0 Å². The summed E-state index contributed by atoms with van der Waals surface area (Å²) in [5.41, 5.74) is 1.36. The molecular formula is C15H22N2O2. The first-order chi connectivity index (χ1) is 9.02. The number of carbonyl (C=O) groups is 1. The number of rotatable bonds is 3. The Morgan fingerprint density at radius 1 is 1.42 bits per heavy atom. The van der Waals surface area contributed by atoms with Crippen LogP contribution in [0.3, 0.4) is 0 Å². The van der Waals surface area contributed by atoms with Crippen LogP contribution in [-0.2, 0) is 0 Å². The quantitative estimate of drug-likeness (QED) is 0.778. The predicted octanol–water partition coefficient (Wildman–Crippen LogP) is 1.82. The molecule has 1 aliphatic heterocycles. The molecule has 0 bridgehead atoms. The van der Waals surface area contributed by atoms with E-state index in [2.05, 4.69) is 17.6 Å². The molecule has 0 aromatic heterocycles. The molecule has 104 valence electrons. The number of piperidine rings is 1. The molecule has 0 radical (unpaired) electrons. The van der Waals surface area contributed by atoms with E-state index in [0.717, 1.165) is 25.9 Å². The summed E-state index contributed by atoms with van der Waals surface area (Å²) in [6.45, 7) is 6.68. The Kier molecular flexibility index (Phi) is 4.10. The Morgan fingerprint density at radius 3 is 2.79 bits per heavy atom. The molecule has 1 amide bonds. The van der Waals surface area contributed by atoms with Crippen molar-refractivity contribution in [2.24, 2.45) is 5.41 Å². The van der Waals surface area contributed by atoms with E-state index in [4.69, 9.17) is 0 Å². The molecule has 0 unspecified atom stereocenters. The molecule has 2 rings (SSSR count). The minimum absolute atomic E-state index is 0.104. The number of hydrogen-bond donors (Lipinski definition) is 3. The smallest absolute Gasteiger partial charge is 0.251 e. The average molecular weight is 262 g/mol. The summed E-state index contributed by atoms with van der Waals surface area (Å²) in [5, 5.41) is 16.0. The summed E-state index contributed by atoms with van der Waals surface area (Å²) >= 11 is 0. The summed E-state index contributed by atoms with van der Waals surface area (Å²) in [6.07, 6.45) is 2.15. The highest BCUT2D eigenvalue weighted by atomic mass is 16.3. The molecule has 4 heteroatoms. The number of benzene rings is 1. The van der Waals surface area contributed by atoms with Gasteiger partial charge in [-0.05, 0) is 50.4 Å². The van der Waals surface area contributed by atoms with Crippen LogP contribution in [-0.4, -0.2) is 30.6 Å². The maximum Gasteiger partial charge on any atom is 0.251 e. The second kappa shape index (κ2) is 5.61. The minimum atomic E-state index is -0.104. The lowest BCUT2D eigenvalue weighted by atomic mass is 9.81. The van der Waals surface area contributed by atoms with Crippen molar-refractivity contribution < 1.29 is 9.90 Å². The van der Waals surface area contributed by atoms with Gasteiger partial charge in [-0.1, -0.05) is 13.0 Å². The lowest BCUT2D eigenvalue weighted by Gasteiger charge is -2.34. The van der Waals surface area contributed by atoms with E-state index >= 15 is 0 Å². The summed E-state index contributed by atoms with van der Waals surface area (Å²) in [6, 6.07) is 5.04. The molecule has 0 spiro atoms. The van der Waals surface area contributed by atoms with E-state index in [-0.39, 0.29) is 17.1 Å². The summed E-state index contributed by atoms with van der Waals surface area (Å²) in [5.74, 6) is 0.0638. The number of phenolic OH excluding ortho intramolecular Hbond substituents is 1. The van der Waals surface area contributed by atoms with Crippen molar-refractivity contribution in [2.75, 3.05) is 19.6 Å². The Bertz CT molecular complexity index is 465. The van der Waals surface area contributed by atoms with Crippen LogP contribution in [0.25, 0.3) is 0 Å². The van der Waals surface area contributed by atoms with Crippen molar-refractivity contribution in [1.29, 1.82) is 0 Å². The molecule has 1 fully saturated rings. The number of amides is 1. The predicted molar refractivity (Wildman–Crippen MR) is 75.4 cm³/mol. The topological polar surface area (TPSA) is 61.4 Å². The molecule has 4 nitrogen and oxygen atoms in total. The third-order valence-electron chi connectivity index (χ3n) is 4.04. The Labute approximate surface area is 114 Å². The second-order valence-corrected chi connectivity index (χ2v) is 5.69. The van der Waals surface area contributed by atoms with Crippen molar-refractivity contribution in [3.05, 3.63) is 29.3 Å². The maximum absolute atomic E-state index is 12.2. The zero-order valence-corrected chi connectivity index (χ0v) is 11.6. The standard InChI is InChI=1S/C15H22N2O2/c1-11-12(4-3-5-13(11)18)14(19)17-10-15(2)6-8-16-9-7-15/h3-5,16,18H,6-10H2,1-2H3,(H,17,19). The number of phenols is 1. The second-order valence-electron chi connectivity index (χ2n) is 5.69. The fourth-order valence-electron chi connectivity index (χ4n) is 2.47. The Morgan fingerprint density at radius 2 is 2.11 bits per heavy atom. The number of aromatic hydroxyl groups is 1. The van der Waals surface area contributed by atoms with Gasteiger partial charge in [-0.3, -0.25) is 4.79 Å². The SMILES string of the molecule is Cc1c(O)cccc1C(=O)NCC1(C)CCNCC1. The zero-order chi connectivity index (χ0) is 13.9. The largest absolute Gasteiger partial charge is 0.508 e. The van der Waals surface area contributed by atoms with Crippen molar-refractivity contribution in [1.82, 2.24) is 10.6 Å². The summed E-state index contributed by atoms with van der Waals surface area (Å²) in [7, 11) is 0. The van der Waals surface area contributed by atoms with Crippen LogP contribution >= 0.6 is 0 Å². The molecule has 1 saturated heterocycles. The van der Waals surface area contributed by atoms with Crippen molar-refractivity contribution in [2.45, 2.75) is 26.7 Å². The molecule has 1 aromatic rings. The van der Waals surface area contributed by atoms with E-state index in [1.54, 1.807) is 25.1 Å². The molecule has 3 N–H and O–H groups in total. The lowest BCUT2D eigenvalue weighted by molar-refractivity contribution is 0.0921. The van der Waals surface area contributed by atoms with Gasteiger partial charge in [0.1, 0.15) is 5.75 Å². The lowest BCUT2D eigenvalue weighted by Crippen LogP contribution is -2.43. The fourth-order valence-corrected chi connectivity index (χ4v) is 2.47. The van der Waals surface area contributed by atoms with E-state index < -0.39 is 0 Å². The van der Waals surface area contributed by atoms with E-state index in [9.17, 15) is 9.90 Å². The molecular weight excluding hydrogens is 240 g/mol. The normalized spacial score (nSPS) is 18.0. The van der Waals surface area contributed by atoms with Crippen molar-refractivity contribution in [3.63, 3.8) is 0 Å². The van der Waals surface area contributed by atoms with Crippen LogP contribution in [0.2, 0.25) is 0 Å². The van der Waals surface area contributed by atoms with Crippen LogP contribution in [0.15, 0.2) is 18.2 Å². The van der Waals surface area contributed by atoms with Gasteiger partial charge in [0.2, 0.25) is 0 Å². The van der Waals surface area contributed by atoms with Crippen LogP contribution in [0.1, 0.15) is 35.7 Å². The molecule has 1 heterocycles. The zero-order valence-electron chi connectivity index (χ0n) is 11.6. The average Bonchev–Trinajstić information content (AvgIpc) is 2.40. The number of nitrogens with one attached hydrogen (secondary N) is 2. The molecule has 1 aromatic carbocycles. The Balaban J connectivity index is 1.99. The number of hydrogen-bond acceptors (Lipinski definition) is 3. The van der Waals surface area contributed by atoms with Crippen molar-refractivity contribution in [3.8, 4) is 5.75 Å². The highest BCUT2D eigenvalue weighted by Gasteiger charge is 2.27. The van der Waals surface area contributed by atoms with Gasteiger partial charge >= 0.3 is 0 Å². The van der Waals surface area contributed by atoms with Gasteiger partial charge in [-0.25, -0.2) is 0 Å². The fraction of sp³-hybridized carbons (Fsp3) is 0.533. The summed E-state index contributed by atoms with van der Waals surface area (Å²) < 4.78 is 0. The van der Waals surface area contributed by atoms with Gasteiger partial charge in [-0.15, -0.1) is 0 Å². The first-order valence-electron chi connectivity index (χ1n) is 6.79. The molecule has 0 aliphatic carbocycles. The monoisotopic (exact) mass is 262 g/mol. The van der Waals surface area contributed by atoms with Gasteiger partial charge in [0.05, 0.1) is 0 Å². The first-order valence-corrected chi connectivity index (χ1v) is 6.79. The Hall–Kier alpha value is -1.55. The summed E-state index contributed by atoms with van der Waals surface area (Å²) in [4.78, 5) is 12.2. The molecule has 1 aliphatic rings. The van der Waals surface area contributed by atoms with Gasteiger partial charge in [0.15, 0.2) is 0 Å². The van der Waals surface area contributed by atoms with Crippen LogP contribution < -0.4 is 10.6 Å². The van der Waals surface area contributed by atoms with Crippen LogP contribution in [0.5, 0.6) is 5.75 Å². The van der Waals surface area contributed by atoms with Gasteiger partial charge in [0, 0.05) is 17.7 Å². The van der Waals surface area contributed by atoms with Crippen molar-refractivity contribution >= 4 is 5.91 Å². The molecule has 19 heavy (non-hydrogen) atoms. The van der Waals surface area contributed by atoms with Gasteiger partial charge < -0.3 is 15.7 Å². The van der Waals surface area contributed by atoms with E-state index in [1.807, 2.05) is 0 Å².